The van der Waals surface area contributed by atoms with Gasteiger partial charge in [0.05, 0.1) is 6.04 Å². The highest BCUT2D eigenvalue weighted by Gasteiger charge is 2.16. The van der Waals surface area contributed by atoms with Crippen molar-refractivity contribution in [3.63, 3.8) is 0 Å². The second-order valence-corrected chi connectivity index (χ2v) is 4.53. The van der Waals surface area contributed by atoms with Gasteiger partial charge in [0.1, 0.15) is 0 Å². The van der Waals surface area contributed by atoms with E-state index in [1.807, 2.05) is 49.5 Å². The zero-order valence-corrected chi connectivity index (χ0v) is 11.0. The zero-order chi connectivity index (χ0) is 13.5. The van der Waals surface area contributed by atoms with E-state index < -0.39 is 0 Å². The largest absolute Gasteiger partial charge is 0.310 e. The number of likely N-dealkylation sites (N-methyl/N-ethyl adjacent to an activating group) is 1. The van der Waals surface area contributed by atoms with Gasteiger partial charge < -0.3 is 5.32 Å². The van der Waals surface area contributed by atoms with Gasteiger partial charge in [-0.05, 0) is 36.7 Å². The van der Waals surface area contributed by atoms with Crippen molar-refractivity contribution < 1.29 is 4.79 Å². The number of rotatable bonds is 6. The van der Waals surface area contributed by atoms with E-state index in [0.29, 0.717) is 6.42 Å². The predicted molar refractivity (Wildman–Crippen MR) is 75.9 cm³/mol. The van der Waals surface area contributed by atoms with Crippen molar-refractivity contribution in [2.24, 2.45) is 0 Å². The van der Waals surface area contributed by atoms with Crippen LogP contribution in [0.5, 0.6) is 0 Å². The Labute approximate surface area is 113 Å². The lowest BCUT2D eigenvalue weighted by Gasteiger charge is -2.15. The summed E-state index contributed by atoms with van der Waals surface area (Å²) in [6.07, 6.45) is 4.60. The summed E-state index contributed by atoms with van der Waals surface area (Å²) in [7, 11) is 1.83. The number of hydrogen-bond donors (Lipinski definition) is 1. The molecule has 0 radical (unpaired) electrons. The molecule has 0 unspecified atom stereocenters. The monoisotopic (exact) mass is 254 g/mol. The van der Waals surface area contributed by atoms with E-state index in [2.05, 4.69) is 10.3 Å². The molecule has 0 aliphatic rings. The molecular weight excluding hydrogens is 236 g/mol. The van der Waals surface area contributed by atoms with Crippen LogP contribution in [-0.2, 0) is 17.6 Å². The summed E-state index contributed by atoms with van der Waals surface area (Å²) in [6.45, 7) is 0. The van der Waals surface area contributed by atoms with E-state index in [1.165, 1.54) is 5.56 Å². The highest BCUT2D eigenvalue weighted by Crippen LogP contribution is 2.07. The average molecular weight is 254 g/mol. The first-order chi connectivity index (χ1) is 9.29. The van der Waals surface area contributed by atoms with Crippen LogP contribution in [0.15, 0.2) is 54.9 Å². The fraction of sp³-hybridized carbons (Fsp3) is 0.250. The summed E-state index contributed by atoms with van der Waals surface area (Å²) < 4.78 is 0. The fourth-order valence-corrected chi connectivity index (χ4v) is 2.05. The summed E-state index contributed by atoms with van der Waals surface area (Å²) in [5.74, 6) is 0.206. The second kappa shape index (κ2) is 6.81. The summed E-state index contributed by atoms with van der Waals surface area (Å²) in [5, 5.41) is 3.11. The van der Waals surface area contributed by atoms with Crippen LogP contribution in [0, 0.1) is 0 Å². The van der Waals surface area contributed by atoms with E-state index in [1.54, 1.807) is 12.4 Å². The first-order valence-corrected chi connectivity index (χ1v) is 6.42. The Hall–Kier alpha value is -2.00. The van der Waals surface area contributed by atoms with E-state index in [0.717, 1.165) is 12.0 Å². The molecule has 3 heteroatoms. The molecule has 0 fully saturated rings. The van der Waals surface area contributed by atoms with E-state index in [-0.39, 0.29) is 11.8 Å². The summed E-state index contributed by atoms with van der Waals surface area (Å²) in [5.41, 5.74) is 2.18. The van der Waals surface area contributed by atoms with E-state index >= 15 is 0 Å². The molecule has 0 spiro atoms. The maximum atomic E-state index is 12.3. The van der Waals surface area contributed by atoms with Gasteiger partial charge in [-0.1, -0.05) is 30.3 Å². The van der Waals surface area contributed by atoms with Crippen LogP contribution in [0.1, 0.15) is 11.1 Å². The SMILES string of the molecule is CN[C@@H](Cc1ccccc1)C(=O)Cc1ccncc1. The molecule has 2 rings (SSSR count). The van der Waals surface area contributed by atoms with Gasteiger partial charge in [-0.2, -0.15) is 0 Å². The lowest BCUT2D eigenvalue weighted by molar-refractivity contribution is -0.120. The number of hydrogen-bond acceptors (Lipinski definition) is 3. The molecule has 2 aromatic rings. The molecular formula is C16H18N2O. The minimum absolute atomic E-state index is 0.143. The van der Waals surface area contributed by atoms with Crippen LogP contribution >= 0.6 is 0 Å². The molecule has 0 bridgehead atoms. The Morgan fingerprint density at radius 1 is 1.11 bits per heavy atom. The van der Waals surface area contributed by atoms with Crippen molar-refractivity contribution >= 4 is 5.78 Å². The fourth-order valence-electron chi connectivity index (χ4n) is 2.05. The van der Waals surface area contributed by atoms with Gasteiger partial charge >= 0.3 is 0 Å². The summed E-state index contributed by atoms with van der Waals surface area (Å²) >= 11 is 0. The van der Waals surface area contributed by atoms with Crippen molar-refractivity contribution in [2.75, 3.05) is 7.05 Å². The van der Waals surface area contributed by atoms with Gasteiger partial charge in [-0.3, -0.25) is 9.78 Å². The van der Waals surface area contributed by atoms with Crippen LogP contribution in [-0.4, -0.2) is 23.9 Å². The lowest BCUT2D eigenvalue weighted by Crippen LogP contribution is -2.37. The Morgan fingerprint density at radius 3 is 2.42 bits per heavy atom. The third kappa shape index (κ3) is 4.00. The van der Waals surface area contributed by atoms with Gasteiger partial charge in [0.2, 0.25) is 0 Å². The van der Waals surface area contributed by atoms with E-state index in [4.69, 9.17) is 0 Å². The van der Waals surface area contributed by atoms with Crippen LogP contribution in [0.3, 0.4) is 0 Å². The van der Waals surface area contributed by atoms with Crippen LogP contribution in [0.25, 0.3) is 0 Å². The smallest absolute Gasteiger partial charge is 0.154 e. The average Bonchev–Trinajstić information content (AvgIpc) is 2.47. The van der Waals surface area contributed by atoms with Crippen molar-refractivity contribution in [2.45, 2.75) is 18.9 Å². The van der Waals surface area contributed by atoms with Gasteiger partial charge in [0.15, 0.2) is 5.78 Å². The number of Topliss-reactive ketones (excluding diaryl/α,β-unsaturated/α-hetero) is 1. The van der Waals surface area contributed by atoms with E-state index in [9.17, 15) is 4.79 Å². The molecule has 1 atom stereocenters. The topological polar surface area (TPSA) is 42.0 Å². The molecule has 1 heterocycles. The third-order valence-electron chi connectivity index (χ3n) is 3.15. The third-order valence-corrected chi connectivity index (χ3v) is 3.15. The first kappa shape index (κ1) is 13.4. The maximum absolute atomic E-state index is 12.3. The molecule has 0 saturated carbocycles. The molecule has 3 nitrogen and oxygen atoms in total. The Kier molecular flexibility index (Phi) is 4.81. The van der Waals surface area contributed by atoms with Gasteiger partial charge in [-0.15, -0.1) is 0 Å². The highest BCUT2D eigenvalue weighted by atomic mass is 16.1. The Morgan fingerprint density at radius 2 is 1.79 bits per heavy atom. The first-order valence-electron chi connectivity index (χ1n) is 6.42. The zero-order valence-electron chi connectivity index (χ0n) is 11.0. The molecule has 0 aliphatic heterocycles. The van der Waals surface area contributed by atoms with Gasteiger partial charge in [-0.25, -0.2) is 0 Å². The number of aromatic nitrogens is 1. The molecule has 1 aromatic heterocycles. The standard InChI is InChI=1S/C16H18N2O/c1-17-15(11-13-5-3-2-4-6-13)16(19)12-14-7-9-18-10-8-14/h2-10,15,17H,11-12H2,1H3/t15-/m0/s1. The number of nitrogens with one attached hydrogen (secondary N) is 1. The quantitative estimate of drug-likeness (QED) is 0.857. The van der Waals surface area contributed by atoms with Crippen LogP contribution in [0.2, 0.25) is 0 Å². The molecule has 0 saturated heterocycles. The summed E-state index contributed by atoms with van der Waals surface area (Å²) in [4.78, 5) is 16.2. The van der Waals surface area contributed by atoms with Crippen molar-refractivity contribution in [3.05, 3.63) is 66.0 Å². The molecule has 19 heavy (non-hydrogen) atoms. The maximum Gasteiger partial charge on any atom is 0.154 e. The molecule has 1 N–H and O–H groups in total. The minimum atomic E-state index is -0.143. The number of carbonyl (C=O) groups is 1. The second-order valence-electron chi connectivity index (χ2n) is 4.53. The molecule has 0 aliphatic carbocycles. The molecule has 1 aromatic carbocycles. The molecule has 98 valence electrons. The Balaban J connectivity index is 2.00. The molecule has 0 amide bonds. The van der Waals surface area contributed by atoms with Crippen LogP contribution in [0.4, 0.5) is 0 Å². The highest BCUT2D eigenvalue weighted by molar-refractivity contribution is 5.86. The van der Waals surface area contributed by atoms with Crippen molar-refractivity contribution in [3.8, 4) is 0 Å². The van der Waals surface area contributed by atoms with Gasteiger partial charge in [0.25, 0.3) is 0 Å². The normalized spacial score (nSPS) is 12.1. The minimum Gasteiger partial charge on any atom is -0.310 e. The number of benzene rings is 1. The van der Waals surface area contributed by atoms with Gasteiger partial charge in [0, 0.05) is 18.8 Å². The summed E-state index contributed by atoms with van der Waals surface area (Å²) in [6, 6.07) is 13.7. The van der Waals surface area contributed by atoms with Crippen molar-refractivity contribution in [1.82, 2.24) is 10.3 Å². The number of carbonyl (C=O) groups excluding carboxylic acids is 1. The predicted octanol–water partition coefficient (Wildman–Crippen LogP) is 2.02. The lowest BCUT2D eigenvalue weighted by atomic mass is 9.98. The number of nitrogens with zero attached hydrogens (tertiary/aromatic N) is 1. The number of ketones is 1. The van der Waals surface area contributed by atoms with Crippen LogP contribution < -0.4 is 5.32 Å². The van der Waals surface area contributed by atoms with Crippen molar-refractivity contribution in [1.29, 1.82) is 0 Å². The number of pyridine rings is 1. The Bertz CT molecular complexity index is 511.